The fraction of sp³-hybridized carbons (Fsp3) is 0.300. The second-order valence-electron chi connectivity index (χ2n) is 6.33. The van der Waals surface area contributed by atoms with Gasteiger partial charge in [0.2, 0.25) is 5.91 Å². The van der Waals surface area contributed by atoms with Crippen molar-refractivity contribution < 1.29 is 14.3 Å². The van der Waals surface area contributed by atoms with Crippen molar-refractivity contribution in [2.75, 3.05) is 25.0 Å². The Kier molecular flexibility index (Phi) is 5.91. The van der Waals surface area contributed by atoms with Crippen LogP contribution in [0.1, 0.15) is 22.8 Å². The molecule has 0 aromatic heterocycles. The summed E-state index contributed by atoms with van der Waals surface area (Å²) in [5.74, 6) is -0.173. The Labute approximate surface area is 157 Å². The molecule has 26 heavy (non-hydrogen) atoms. The van der Waals surface area contributed by atoms with E-state index in [-0.39, 0.29) is 24.3 Å². The summed E-state index contributed by atoms with van der Waals surface area (Å²) in [4.78, 5) is 26.5. The minimum atomic E-state index is -0.154. The number of carbonyl (C=O) groups is 2. The number of nitrogens with one attached hydrogen (secondary N) is 1. The fourth-order valence-electron chi connectivity index (χ4n) is 2.90. The van der Waals surface area contributed by atoms with Crippen LogP contribution in [0, 0.1) is 0 Å². The van der Waals surface area contributed by atoms with Crippen LogP contribution in [-0.4, -0.2) is 42.5 Å². The molecule has 0 radical (unpaired) electrons. The lowest BCUT2D eigenvalue weighted by atomic mass is 10.1. The van der Waals surface area contributed by atoms with Crippen molar-refractivity contribution in [2.24, 2.45) is 0 Å². The van der Waals surface area contributed by atoms with Crippen LogP contribution >= 0.6 is 11.6 Å². The normalized spacial score (nSPS) is 17.0. The summed E-state index contributed by atoms with van der Waals surface area (Å²) in [6, 6.07) is 14.2. The summed E-state index contributed by atoms with van der Waals surface area (Å²) in [6.45, 7) is 3.70. The number of ether oxygens (including phenoxy) is 1. The van der Waals surface area contributed by atoms with Crippen LogP contribution in [0.15, 0.2) is 48.5 Å². The van der Waals surface area contributed by atoms with E-state index in [0.717, 1.165) is 5.56 Å². The van der Waals surface area contributed by atoms with Crippen LogP contribution in [0.3, 0.4) is 0 Å². The van der Waals surface area contributed by atoms with Gasteiger partial charge in [0, 0.05) is 29.4 Å². The molecule has 1 heterocycles. The third kappa shape index (κ3) is 4.62. The van der Waals surface area contributed by atoms with E-state index in [1.54, 1.807) is 35.2 Å². The van der Waals surface area contributed by atoms with E-state index < -0.39 is 0 Å². The molecular weight excluding hydrogens is 352 g/mol. The molecule has 1 atom stereocenters. The molecular formula is C20H21ClN2O3. The number of carbonyl (C=O) groups excluding carboxylic acids is 2. The van der Waals surface area contributed by atoms with Crippen molar-refractivity contribution >= 4 is 29.1 Å². The van der Waals surface area contributed by atoms with Crippen molar-refractivity contribution in [3.63, 3.8) is 0 Å². The topological polar surface area (TPSA) is 58.6 Å². The van der Waals surface area contributed by atoms with Gasteiger partial charge in [-0.05, 0) is 42.8 Å². The van der Waals surface area contributed by atoms with Crippen molar-refractivity contribution in [2.45, 2.75) is 19.4 Å². The lowest BCUT2D eigenvalue weighted by molar-refractivity contribution is -0.115. The van der Waals surface area contributed by atoms with Crippen LogP contribution < -0.4 is 5.32 Å². The molecule has 6 heteroatoms. The van der Waals surface area contributed by atoms with Gasteiger partial charge in [0.25, 0.3) is 5.91 Å². The van der Waals surface area contributed by atoms with E-state index in [1.165, 1.54) is 0 Å². The zero-order valence-electron chi connectivity index (χ0n) is 14.6. The van der Waals surface area contributed by atoms with Gasteiger partial charge in [-0.2, -0.15) is 0 Å². The summed E-state index contributed by atoms with van der Waals surface area (Å²) in [5.41, 5.74) is 2.03. The Bertz CT molecular complexity index is 792. The molecule has 1 unspecified atom stereocenters. The monoisotopic (exact) mass is 372 g/mol. The Balaban J connectivity index is 1.59. The average Bonchev–Trinajstić information content (AvgIpc) is 2.64. The molecule has 1 aliphatic rings. The summed E-state index contributed by atoms with van der Waals surface area (Å²) < 4.78 is 5.46. The molecule has 0 saturated carbocycles. The first kappa shape index (κ1) is 18.4. The highest BCUT2D eigenvalue weighted by Gasteiger charge is 2.22. The third-order valence-electron chi connectivity index (χ3n) is 4.25. The van der Waals surface area contributed by atoms with Gasteiger partial charge in [-0.25, -0.2) is 0 Å². The number of benzene rings is 2. The van der Waals surface area contributed by atoms with Crippen LogP contribution in [-0.2, 0) is 16.0 Å². The number of halogens is 1. The largest absolute Gasteiger partial charge is 0.375 e. The predicted octanol–water partition coefficient (Wildman–Crippen LogP) is 3.38. The van der Waals surface area contributed by atoms with Gasteiger partial charge in [0.15, 0.2) is 0 Å². The SMILES string of the molecule is CC1CN(C(=O)c2ccc(NC(=O)Cc3ccccc3Cl)cc2)CCO1. The maximum Gasteiger partial charge on any atom is 0.254 e. The molecule has 5 nitrogen and oxygen atoms in total. The second kappa shape index (κ2) is 8.34. The van der Waals surface area contributed by atoms with Crippen molar-refractivity contribution in [3.8, 4) is 0 Å². The fourth-order valence-corrected chi connectivity index (χ4v) is 3.10. The lowest BCUT2D eigenvalue weighted by Gasteiger charge is -2.31. The minimum absolute atomic E-state index is 0.0194. The summed E-state index contributed by atoms with van der Waals surface area (Å²) in [5, 5.41) is 3.40. The van der Waals surface area contributed by atoms with Crippen molar-refractivity contribution in [1.29, 1.82) is 0 Å². The number of nitrogens with zero attached hydrogens (tertiary/aromatic N) is 1. The smallest absolute Gasteiger partial charge is 0.254 e. The van der Waals surface area contributed by atoms with E-state index >= 15 is 0 Å². The van der Waals surface area contributed by atoms with E-state index in [9.17, 15) is 9.59 Å². The molecule has 0 bridgehead atoms. The summed E-state index contributed by atoms with van der Waals surface area (Å²) >= 11 is 6.08. The number of morpholine rings is 1. The zero-order chi connectivity index (χ0) is 18.5. The molecule has 0 spiro atoms. The van der Waals surface area contributed by atoms with Gasteiger partial charge in [0.05, 0.1) is 19.1 Å². The standard InChI is InChI=1S/C20H21ClN2O3/c1-14-13-23(10-11-26-14)20(25)15-6-8-17(9-7-15)22-19(24)12-16-4-2-3-5-18(16)21/h2-9,14H,10-13H2,1H3,(H,22,24). The number of amides is 2. The first-order valence-corrected chi connectivity index (χ1v) is 8.95. The lowest BCUT2D eigenvalue weighted by Crippen LogP contribution is -2.44. The molecule has 1 N–H and O–H groups in total. The first-order chi connectivity index (χ1) is 12.5. The Morgan fingerprint density at radius 1 is 1.19 bits per heavy atom. The van der Waals surface area contributed by atoms with Gasteiger partial charge in [-0.15, -0.1) is 0 Å². The first-order valence-electron chi connectivity index (χ1n) is 8.57. The Hall–Kier alpha value is -2.37. The van der Waals surface area contributed by atoms with Crippen LogP contribution in [0.4, 0.5) is 5.69 Å². The van der Waals surface area contributed by atoms with Gasteiger partial charge in [-0.3, -0.25) is 9.59 Å². The number of hydrogen-bond acceptors (Lipinski definition) is 3. The molecule has 0 aliphatic carbocycles. The molecule has 3 rings (SSSR count). The van der Waals surface area contributed by atoms with Crippen LogP contribution in [0.5, 0.6) is 0 Å². The molecule has 1 saturated heterocycles. The molecule has 1 fully saturated rings. The van der Waals surface area contributed by atoms with E-state index in [0.29, 0.717) is 36.0 Å². The van der Waals surface area contributed by atoms with Gasteiger partial charge in [0.1, 0.15) is 0 Å². The van der Waals surface area contributed by atoms with Crippen LogP contribution in [0.25, 0.3) is 0 Å². The van der Waals surface area contributed by atoms with Crippen molar-refractivity contribution in [3.05, 3.63) is 64.7 Å². The van der Waals surface area contributed by atoms with E-state index in [2.05, 4.69) is 5.32 Å². The molecule has 2 amide bonds. The van der Waals surface area contributed by atoms with Crippen molar-refractivity contribution in [1.82, 2.24) is 4.90 Å². The Morgan fingerprint density at radius 2 is 1.92 bits per heavy atom. The molecule has 2 aromatic rings. The minimum Gasteiger partial charge on any atom is -0.375 e. The Morgan fingerprint density at radius 3 is 2.62 bits per heavy atom. The number of rotatable bonds is 4. The zero-order valence-corrected chi connectivity index (χ0v) is 15.3. The highest BCUT2D eigenvalue weighted by molar-refractivity contribution is 6.31. The quantitative estimate of drug-likeness (QED) is 0.895. The van der Waals surface area contributed by atoms with Crippen LogP contribution in [0.2, 0.25) is 5.02 Å². The summed E-state index contributed by atoms with van der Waals surface area (Å²) in [6.07, 6.45) is 0.252. The van der Waals surface area contributed by atoms with Gasteiger partial charge in [-0.1, -0.05) is 29.8 Å². The number of anilines is 1. The predicted molar refractivity (Wildman–Crippen MR) is 102 cm³/mol. The summed E-state index contributed by atoms with van der Waals surface area (Å²) in [7, 11) is 0. The third-order valence-corrected chi connectivity index (χ3v) is 4.62. The molecule has 1 aliphatic heterocycles. The van der Waals surface area contributed by atoms with E-state index in [4.69, 9.17) is 16.3 Å². The highest BCUT2D eigenvalue weighted by atomic mass is 35.5. The maximum absolute atomic E-state index is 12.5. The average molecular weight is 373 g/mol. The highest BCUT2D eigenvalue weighted by Crippen LogP contribution is 2.17. The number of hydrogen-bond donors (Lipinski definition) is 1. The second-order valence-corrected chi connectivity index (χ2v) is 6.73. The van der Waals surface area contributed by atoms with Gasteiger partial charge < -0.3 is 15.0 Å². The molecule has 2 aromatic carbocycles. The van der Waals surface area contributed by atoms with E-state index in [1.807, 2.05) is 25.1 Å². The maximum atomic E-state index is 12.5. The molecule has 136 valence electrons. The van der Waals surface area contributed by atoms with Gasteiger partial charge >= 0.3 is 0 Å².